The van der Waals surface area contributed by atoms with E-state index in [2.05, 4.69) is 6.92 Å². The first kappa shape index (κ1) is 15.6. The lowest BCUT2D eigenvalue weighted by Crippen LogP contribution is -2.38. The van der Waals surface area contributed by atoms with Crippen LogP contribution in [0.4, 0.5) is 0 Å². The maximum atomic E-state index is 12.7. The van der Waals surface area contributed by atoms with E-state index >= 15 is 0 Å². The van der Waals surface area contributed by atoms with Crippen LogP contribution in [-0.2, 0) is 16.1 Å². The molecule has 1 saturated carbocycles. The minimum absolute atomic E-state index is 0.0581. The SMILES string of the molecule is CCC1C[C@H](C(=O)N(CC)Cc2ccco2)[C@H](C(=O)O)C1. The van der Waals surface area contributed by atoms with E-state index in [-0.39, 0.29) is 5.91 Å². The van der Waals surface area contributed by atoms with Crippen LogP contribution in [-0.4, -0.2) is 28.4 Å². The molecule has 1 aromatic heterocycles. The fraction of sp³-hybridized carbons (Fsp3) is 0.625. The van der Waals surface area contributed by atoms with Gasteiger partial charge in [0.2, 0.25) is 5.91 Å². The zero-order valence-electron chi connectivity index (χ0n) is 12.6. The Morgan fingerprint density at radius 3 is 2.57 bits per heavy atom. The molecule has 5 nitrogen and oxygen atoms in total. The summed E-state index contributed by atoms with van der Waals surface area (Å²) in [5.41, 5.74) is 0. The lowest BCUT2D eigenvalue weighted by Gasteiger charge is -2.25. The third-order valence-electron chi connectivity index (χ3n) is 4.49. The summed E-state index contributed by atoms with van der Waals surface area (Å²) < 4.78 is 5.29. The Balaban J connectivity index is 2.10. The van der Waals surface area contributed by atoms with Gasteiger partial charge in [0, 0.05) is 6.54 Å². The van der Waals surface area contributed by atoms with Crippen LogP contribution >= 0.6 is 0 Å². The molecule has 116 valence electrons. The van der Waals surface area contributed by atoms with Gasteiger partial charge < -0.3 is 14.4 Å². The van der Waals surface area contributed by atoms with Crippen LogP contribution in [0.2, 0.25) is 0 Å². The Hall–Kier alpha value is -1.78. The molecule has 1 fully saturated rings. The molecule has 3 atom stereocenters. The molecule has 0 aromatic carbocycles. The second-order valence-electron chi connectivity index (χ2n) is 5.73. The van der Waals surface area contributed by atoms with Gasteiger partial charge in [0.1, 0.15) is 5.76 Å². The average molecular weight is 293 g/mol. The van der Waals surface area contributed by atoms with Gasteiger partial charge in [-0.3, -0.25) is 9.59 Å². The predicted octanol–water partition coefficient (Wildman–Crippen LogP) is 2.77. The number of nitrogens with zero attached hydrogens (tertiary/aromatic N) is 1. The van der Waals surface area contributed by atoms with Crippen molar-refractivity contribution in [2.75, 3.05) is 6.54 Å². The van der Waals surface area contributed by atoms with E-state index in [4.69, 9.17) is 4.42 Å². The normalized spacial score (nSPS) is 25.0. The Morgan fingerprint density at radius 1 is 1.33 bits per heavy atom. The van der Waals surface area contributed by atoms with Crippen molar-refractivity contribution in [1.82, 2.24) is 4.90 Å². The molecule has 21 heavy (non-hydrogen) atoms. The number of carboxylic acids is 1. The number of carbonyl (C=O) groups is 2. The van der Waals surface area contributed by atoms with Crippen molar-refractivity contribution in [3.63, 3.8) is 0 Å². The molecule has 0 bridgehead atoms. The second kappa shape index (κ2) is 6.78. The summed E-state index contributed by atoms with van der Waals surface area (Å²) in [7, 11) is 0. The number of hydrogen-bond donors (Lipinski definition) is 1. The molecule has 1 aliphatic carbocycles. The van der Waals surface area contributed by atoms with Gasteiger partial charge in [-0.25, -0.2) is 0 Å². The maximum Gasteiger partial charge on any atom is 0.307 e. The Labute approximate surface area is 124 Å². The van der Waals surface area contributed by atoms with Gasteiger partial charge in [-0.15, -0.1) is 0 Å². The highest BCUT2D eigenvalue weighted by Crippen LogP contribution is 2.39. The standard InChI is InChI=1S/C16H23NO4/c1-3-11-8-13(14(9-11)16(19)20)15(18)17(4-2)10-12-6-5-7-21-12/h5-7,11,13-14H,3-4,8-10H2,1-2H3,(H,19,20)/t11?,13-,14+/m0/s1. The van der Waals surface area contributed by atoms with Gasteiger partial charge >= 0.3 is 5.97 Å². The van der Waals surface area contributed by atoms with Crippen molar-refractivity contribution in [3.05, 3.63) is 24.2 Å². The fourth-order valence-corrected chi connectivity index (χ4v) is 3.19. The van der Waals surface area contributed by atoms with E-state index < -0.39 is 17.8 Å². The largest absolute Gasteiger partial charge is 0.481 e. The van der Waals surface area contributed by atoms with Gasteiger partial charge in [-0.1, -0.05) is 13.3 Å². The molecule has 0 spiro atoms. The maximum absolute atomic E-state index is 12.7. The van der Waals surface area contributed by atoms with Crippen molar-refractivity contribution in [2.45, 2.75) is 39.7 Å². The molecule has 1 aliphatic rings. The first-order valence-corrected chi connectivity index (χ1v) is 7.60. The van der Waals surface area contributed by atoms with Crippen LogP contribution in [0.3, 0.4) is 0 Å². The predicted molar refractivity (Wildman–Crippen MR) is 77.4 cm³/mol. The summed E-state index contributed by atoms with van der Waals surface area (Å²) in [4.78, 5) is 25.8. The lowest BCUT2D eigenvalue weighted by atomic mass is 9.94. The molecule has 0 radical (unpaired) electrons. The Kier molecular flexibility index (Phi) is 5.04. The van der Waals surface area contributed by atoms with Crippen LogP contribution in [0.15, 0.2) is 22.8 Å². The van der Waals surface area contributed by atoms with E-state index in [0.29, 0.717) is 31.8 Å². The van der Waals surface area contributed by atoms with Gasteiger partial charge in [0.05, 0.1) is 24.6 Å². The van der Waals surface area contributed by atoms with Crippen LogP contribution < -0.4 is 0 Å². The first-order chi connectivity index (χ1) is 10.1. The molecule has 0 saturated heterocycles. The topological polar surface area (TPSA) is 70.8 Å². The van der Waals surface area contributed by atoms with Gasteiger partial charge in [-0.2, -0.15) is 0 Å². The van der Waals surface area contributed by atoms with Gasteiger partial charge in [-0.05, 0) is 37.8 Å². The highest BCUT2D eigenvalue weighted by molar-refractivity contribution is 5.85. The number of furan rings is 1. The molecular weight excluding hydrogens is 270 g/mol. The lowest BCUT2D eigenvalue weighted by molar-refractivity contribution is -0.149. The summed E-state index contributed by atoms with van der Waals surface area (Å²) in [5.74, 6) is -0.796. The molecule has 1 amide bonds. The summed E-state index contributed by atoms with van der Waals surface area (Å²) in [6, 6.07) is 3.62. The number of carbonyl (C=O) groups excluding carboxylic acids is 1. The Bertz CT molecular complexity index is 482. The highest BCUT2D eigenvalue weighted by Gasteiger charge is 2.43. The number of hydrogen-bond acceptors (Lipinski definition) is 3. The number of amides is 1. The first-order valence-electron chi connectivity index (χ1n) is 7.60. The van der Waals surface area contributed by atoms with Crippen LogP contribution in [0.25, 0.3) is 0 Å². The third-order valence-corrected chi connectivity index (χ3v) is 4.49. The minimum atomic E-state index is -0.849. The van der Waals surface area contributed by atoms with Crippen molar-refractivity contribution in [1.29, 1.82) is 0 Å². The van der Waals surface area contributed by atoms with Gasteiger partial charge in [0.25, 0.3) is 0 Å². The van der Waals surface area contributed by atoms with Crippen LogP contribution in [0.5, 0.6) is 0 Å². The monoisotopic (exact) mass is 293 g/mol. The van der Waals surface area contributed by atoms with Gasteiger partial charge in [0.15, 0.2) is 0 Å². The van der Waals surface area contributed by atoms with Crippen molar-refractivity contribution < 1.29 is 19.1 Å². The summed E-state index contributed by atoms with van der Waals surface area (Å²) in [6.45, 7) is 4.92. The summed E-state index contributed by atoms with van der Waals surface area (Å²) in [6.07, 6.45) is 3.80. The number of aliphatic carboxylic acids is 1. The van der Waals surface area contributed by atoms with Crippen molar-refractivity contribution >= 4 is 11.9 Å². The second-order valence-corrected chi connectivity index (χ2v) is 5.73. The highest BCUT2D eigenvalue weighted by atomic mass is 16.4. The number of rotatable bonds is 6. The number of carboxylic acid groups (broad SMARTS) is 1. The Morgan fingerprint density at radius 2 is 2.05 bits per heavy atom. The van der Waals surface area contributed by atoms with Crippen molar-refractivity contribution in [3.8, 4) is 0 Å². The summed E-state index contributed by atoms with van der Waals surface area (Å²) in [5, 5.41) is 9.37. The molecular formula is C16H23NO4. The quantitative estimate of drug-likeness (QED) is 0.875. The molecule has 1 heterocycles. The summed E-state index contributed by atoms with van der Waals surface area (Å²) >= 11 is 0. The van der Waals surface area contributed by atoms with Crippen LogP contribution in [0.1, 0.15) is 38.9 Å². The molecule has 0 aliphatic heterocycles. The molecule has 1 N–H and O–H groups in total. The minimum Gasteiger partial charge on any atom is -0.481 e. The van der Waals surface area contributed by atoms with E-state index in [1.165, 1.54) is 0 Å². The average Bonchev–Trinajstić information content (AvgIpc) is 3.12. The molecule has 2 rings (SSSR count). The third kappa shape index (κ3) is 3.46. The molecule has 5 heteroatoms. The smallest absolute Gasteiger partial charge is 0.307 e. The molecule has 1 unspecified atom stereocenters. The van der Waals surface area contributed by atoms with E-state index in [9.17, 15) is 14.7 Å². The van der Waals surface area contributed by atoms with Crippen LogP contribution in [0, 0.1) is 17.8 Å². The fourth-order valence-electron chi connectivity index (χ4n) is 3.19. The van der Waals surface area contributed by atoms with Crippen molar-refractivity contribution in [2.24, 2.45) is 17.8 Å². The van der Waals surface area contributed by atoms with E-state index in [0.717, 1.165) is 12.2 Å². The molecule has 1 aromatic rings. The van der Waals surface area contributed by atoms with E-state index in [1.807, 2.05) is 13.0 Å². The van der Waals surface area contributed by atoms with E-state index in [1.54, 1.807) is 17.2 Å². The zero-order chi connectivity index (χ0) is 15.4. The zero-order valence-corrected chi connectivity index (χ0v) is 12.6.